The number of carbonyl (C=O) groups excluding carboxylic acids is 1. The van der Waals surface area contributed by atoms with Gasteiger partial charge in [0.1, 0.15) is 5.82 Å². The molecule has 0 fully saturated rings. The second kappa shape index (κ2) is 12.6. The average Bonchev–Trinajstić information content (AvgIpc) is 2.56. The minimum atomic E-state index is -0.508. The highest BCUT2D eigenvalue weighted by Crippen LogP contribution is 2.02. The van der Waals surface area contributed by atoms with E-state index in [1.807, 2.05) is 48.5 Å². The van der Waals surface area contributed by atoms with E-state index in [1.54, 1.807) is 6.20 Å². The van der Waals surface area contributed by atoms with Gasteiger partial charge in [-0.1, -0.05) is 36.4 Å². The molecule has 1 heterocycles. The second-order valence-corrected chi connectivity index (χ2v) is 5.08. The Hall–Kier alpha value is -1.82. The summed E-state index contributed by atoms with van der Waals surface area (Å²) in [5.41, 5.74) is 6.99. The molecule has 1 atom stereocenters. The van der Waals surface area contributed by atoms with Gasteiger partial charge < -0.3 is 16.4 Å². The summed E-state index contributed by atoms with van der Waals surface area (Å²) in [6.07, 6.45) is 3.12. The van der Waals surface area contributed by atoms with Crippen LogP contribution in [0.15, 0.2) is 54.7 Å². The zero-order valence-electron chi connectivity index (χ0n) is 13.4. The Kier molecular flexibility index (Phi) is 11.6. The molecule has 1 unspecified atom stereocenters. The number of pyridine rings is 1. The third kappa shape index (κ3) is 8.15. The van der Waals surface area contributed by atoms with E-state index in [0.717, 1.165) is 24.3 Å². The lowest BCUT2D eigenvalue weighted by atomic mass is 10.1. The fourth-order valence-electron chi connectivity index (χ4n) is 2.08. The number of hydrogen-bond donors (Lipinski definition) is 3. The number of hydrogen-bond acceptors (Lipinski definition) is 4. The summed E-state index contributed by atoms with van der Waals surface area (Å²) in [6, 6.07) is 15.0. The summed E-state index contributed by atoms with van der Waals surface area (Å²) < 4.78 is 0. The summed E-state index contributed by atoms with van der Waals surface area (Å²) >= 11 is 0. The van der Waals surface area contributed by atoms with Gasteiger partial charge in [-0.2, -0.15) is 0 Å². The molecule has 2 aromatic rings. The summed E-state index contributed by atoms with van der Waals surface area (Å²) in [4.78, 5) is 16.1. The molecule has 0 spiro atoms. The summed E-state index contributed by atoms with van der Waals surface area (Å²) in [5.74, 6) is 0.733. The fraction of sp³-hybridized carbons (Fsp3) is 0.294. The number of nitrogens with two attached hydrogens (primary N) is 1. The van der Waals surface area contributed by atoms with Crippen molar-refractivity contribution in [1.82, 2.24) is 10.3 Å². The van der Waals surface area contributed by atoms with Gasteiger partial charge in [-0.25, -0.2) is 4.98 Å². The first-order valence-corrected chi connectivity index (χ1v) is 7.48. The average molecular weight is 371 g/mol. The number of benzene rings is 1. The number of nitrogens with one attached hydrogen (secondary N) is 2. The molecule has 2 rings (SSSR count). The Morgan fingerprint density at radius 3 is 2.42 bits per heavy atom. The molecule has 24 heavy (non-hydrogen) atoms. The first-order valence-electron chi connectivity index (χ1n) is 7.48. The molecule has 4 N–H and O–H groups in total. The van der Waals surface area contributed by atoms with Crippen LogP contribution < -0.4 is 16.4 Å². The van der Waals surface area contributed by atoms with Gasteiger partial charge in [0.05, 0.1) is 6.04 Å². The zero-order valence-corrected chi connectivity index (χ0v) is 15.0. The molecule has 5 nitrogen and oxygen atoms in total. The third-order valence-electron chi connectivity index (χ3n) is 3.26. The van der Waals surface area contributed by atoms with Gasteiger partial charge in [-0.05, 0) is 30.5 Å². The molecule has 7 heteroatoms. The molecule has 0 bridgehead atoms. The SMILES string of the molecule is Cl.Cl.NC(Cc1ccccc1)C(=O)NCCCNc1ccccn1. The van der Waals surface area contributed by atoms with Crippen molar-refractivity contribution in [2.75, 3.05) is 18.4 Å². The molecular weight excluding hydrogens is 347 g/mol. The molecule has 1 amide bonds. The van der Waals surface area contributed by atoms with Crippen LogP contribution in [0.1, 0.15) is 12.0 Å². The minimum Gasteiger partial charge on any atom is -0.370 e. The van der Waals surface area contributed by atoms with Gasteiger partial charge in [0.25, 0.3) is 0 Å². The number of halogens is 2. The molecule has 0 radical (unpaired) electrons. The highest BCUT2D eigenvalue weighted by molar-refractivity contribution is 5.85. The maximum atomic E-state index is 11.9. The van der Waals surface area contributed by atoms with E-state index in [9.17, 15) is 4.79 Å². The van der Waals surface area contributed by atoms with Crippen molar-refractivity contribution in [2.24, 2.45) is 5.73 Å². The van der Waals surface area contributed by atoms with Gasteiger partial charge in [0, 0.05) is 19.3 Å². The fourth-order valence-corrected chi connectivity index (χ4v) is 2.08. The van der Waals surface area contributed by atoms with Crippen LogP contribution in [0.5, 0.6) is 0 Å². The minimum absolute atomic E-state index is 0. The molecular formula is C17H24Cl2N4O. The van der Waals surface area contributed by atoms with Crippen LogP contribution in [0.3, 0.4) is 0 Å². The van der Waals surface area contributed by atoms with Crippen molar-refractivity contribution in [1.29, 1.82) is 0 Å². The molecule has 1 aromatic heterocycles. The van der Waals surface area contributed by atoms with Gasteiger partial charge in [0.2, 0.25) is 5.91 Å². The Labute approximate surface area is 155 Å². The van der Waals surface area contributed by atoms with Crippen LogP contribution in [-0.4, -0.2) is 30.0 Å². The van der Waals surface area contributed by atoms with Gasteiger partial charge >= 0.3 is 0 Å². The van der Waals surface area contributed by atoms with E-state index in [0.29, 0.717) is 13.0 Å². The number of anilines is 1. The van der Waals surface area contributed by atoms with Crippen LogP contribution in [0, 0.1) is 0 Å². The van der Waals surface area contributed by atoms with E-state index in [4.69, 9.17) is 5.73 Å². The topological polar surface area (TPSA) is 80.0 Å². The van der Waals surface area contributed by atoms with Crippen LogP contribution in [-0.2, 0) is 11.2 Å². The second-order valence-electron chi connectivity index (χ2n) is 5.08. The van der Waals surface area contributed by atoms with Gasteiger partial charge in [0.15, 0.2) is 0 Å². The number of nitrogens with zero attached hydrogens (tertiary/aromatic N) is 1. The van der Waals surface area contributed by atoms with E-state index >= 15 is 0 Å². The maximum absolute atomic E-state index is 11.9. The first-order chi connectivity index (χ1) is 10.8. The Morgan fingerprint density at radius 1 is 1.04 bits per heavy atom. The Balaban J connectivity index is 0.00000264. The van der Waals surface area contributed by atoms with E-state index in [-0.39, 0.29) is 30.7 Å². The number of rotatable bonds is 8. The van der Waals surface area contributed by atoms with Crippen molar-refractivity contribution < 1.29 is 4.79 Å². The van der Waals surface area contributed by atoms with Crippen LogP contribution in [0.4, 0.5) is 5.82 Å². The van der Waals surface area contributed by atoms with E-state index in [1.165, 1.54) is 0 Å². The summed E-state index contributed by atoms with van der Waals surface area (Å²) in [5, 5.41) is 6.06. The molecule has 132 valence electrons. The van der Waals surface area contributed by atoms with Crippen LogP contribution in [0.25, 0.3) is 0 Å². The lowest BCUT2D eigenvalue weighted by Crippen LogP contribution is -2.42. The van der Waals surface area contributed by atoms with Crippen LogP contribution >= 0.6 is 24.8 Å². The monoisotopic (exact) mass is 370 g/mol. The molecule has 0 saturated heterocycles. The largest absolute Gasteiger partial charge is 0.370 e. The number of amides is 1. The van der Waals surface area contributed by atoms with E-state index < -0.39 is 6.04 Å². The number of aromatic nitrogens is 1. The maximum Gasteiger partial charge on any atom is 0.237 e. The van der Waals surface area contributed by atoms with Crippen molar-refractivity contribution in [3.63, 3.8) is 0 Å². The summed E-state index contributed by atoms with van der Waals surface area (Å²) in [7, 11) is 0. The third-order valence-corrected chi connectivity index (χ3v) is 3.26. The van der Waals surface area contributed by atoms with Crippen molar-refractivity contribution in [2.45, 2.75) is 18.9 Å². The van der Waals surface area contributed by atoms with Gasteiger partial charge in [-0.15, -0.1) is 24.8 Å². The lowest BCUT2D eigenvalue weighted by Gasteiger charge is -2.12. The molecule has 0 aliphatic rings. The first kappa shape index (κ1) is 22.2. The highest BCUT2D eigenvalue weighted by atomic mass is 35.5. The normalized spacial score (nSPS) is 10.7. The molecule has 0 aliphatic carbocycles. The summed E-state index contributed by atoms with van der Waals surface area (Å²) in [6.45, 7) is 1.35. The molecule has 1 aromatic carbocycles. The Bertz CT molecular complexity index is 569. The molecule has 0 saturated carbocycles. The highest BCUT2D eigenvalue weighted by Gasteiger charge is 2.12. The predicted octanol–water partition coefficient (Wildman–Crippen LogP) is 2.41. The standard InChI is InChI=1S/C17H22N4O.2ClH/c18-15(13-14-7-2-1-3-8-14)17(22)21-12-6-11-20-16-9-4-5-10-19-16;;/h1-5,7-10,15H,6,11-13,18H2,(H,19,20)(H,21,22);2*1H. The van der Waals surface area contributed by atoms with Crippen molar-refractivity contribution >= 4 is 36.5 Å². The lowest BCUT2D eigenvalue weighted by molar-refractivity contribution is -0.122. The van der Waals surface area contributed by atoms with Crippen LogP contribution in [0.2, 0.25) is 0 Å². The van der Waals surface area contributed by atoms with Crippen molar-refractivity contribution in [3.05, 3.63) is 60.3 Å². The predicted molar refractivity (Wildman–Crippen MR) is 103 cm³/mol. The van der Waals surface area contributed by atoms with Crippen molar-refractivity contribution in [3.8, 4) is 0 Å². The zero-order chi connectivity index (χ0) is 15.6. The Morgan fingerprint density at radius 2 is 1.75 bits per heavy atom. The molecule has 0 aliphatic heterocycles. The number of carbonyl (C=O) groups is 1. The van der Waals surface area contributed by atoms with Gasteiger partial charge in [-0.3, -0.25) is 4.79 Å². The smallest absolute Gasteiger partial charge is 0.237 e. The van der Waals surface area contributed by atoms with E-state index in [2.05, 4.69) is 15.6 Å². The quantitative estimate of drug-likeness (QED) is 0.623.